The number of rotatable bonds is 11. The van der Waals surface area contributed by atoms with Crippen LogP contribution in [0.25, 0.3) is 0 Å². The summed E-state index contributed by atoms with van der Waals surface area (Å²) in [4.78, 5) is 12.6. The topological polar surface area (TPSA) is 178 Å². The Morgan fingerprint density at radius 1 is 1.15 bits per heavy atom. The Labute approximate surface area is 200 Å². The van der Waals surface area contributed by atoms with Gasteiger partial charge in [0.1, 0.15) is 6.04 Å². The van der Waals surface area contributed by atoms with Gasteiger partial charge in [-0.25, -0.2) is 14.3 Å². The van der Waals surface area contributed by atoms with E-state index in [0.29, 0.717) is 17.9 Å². The van der Waals surface area contributed by atoms with Gasteiger partial charge in [0.05, 0.1) is 37.2 Å². The summed E-state index contributed by atoms with van der Waals surface area (Å²) in [6, 6.07) is 15.5. The number of amidine groups is 1. The van der Waals surface area contributed by atoms with E-state index >= 15 is 0 Å². The van der Waals surface area contributed by atoms with Crippen molar-refractivity contribution >= 4 is 27.5 Å². The number of amides is 1. The number of hydrazine groups is 1. The zero-order valence-electron chi connectivity index (χ0n) is 19.6. The van der Waals surface area contributed by atoms with Gasteiger partial charge in [0.25, 0.3) is 0 Å². The highest BCUT2D eigenvalue weighted by atomic mass is 32.2. The van der Waals surface area contributed by atoms with Crippen molar-refractivity contribution in [3.63, 3.8) is 0 Å². The molecule has 11 nitrogen and oxygen atoms in total. The summed E-state index contributed by atoms with van der Waals surface area (Å²) in [5.74, 6) is 11.6. The fourth-order valence-electron chi connectivity index (χ4n) is 2.98. The molecule has 186 valence electrons. The Kier molecular flexibility index (Phi) is 9.38. The molecule has 0 spiro atoms. The Bertz CT molecular complexity index is 1090. The third-order valence-electron chi connectivity index (χ3n) is 4.68. The predicted molar refractivity (Wildman–Crippen MR) is 133 cm³/mol. The highest BCUT2D eigenvalue weighted by Gasteiger charge is 2.29. The van der Waals surface area contributed by atoms with Crippen LogP contribution in [0.4, 0.5) is 5.69 Å². The molecule has 8 N–H and O–H groups in total. The fraction of sp³-hybridized carbons (Fsp3) is 0.364. The summed E-state index contributed by atoms with van der Waals surface area (Å²) in [7, 11) is -3.50. The molecule has 0 radical (unpaired) electrons. The molecule has 0 heterocycles. The lowest BCUT2D eigenvalue weighted by Gasteiger charge is -2.30. The first kappa shape index (κ1) is 27.1. The highest BCUT2D eigenvalue weighted by molar-refractivity contribution is 7.92. The van der Waals surface area contributed by atoms with Crippen LogP contribution in [0.3, 0.4) is 0 Å². The number of hydrazone groups is 1. The second-order valence-corrected chi connectivity index (χ2v) is 10.1. The number of nitrogens with two attached hydrogens (primary N) is 3. The molecule has 0 saturated carbocycles. The molecule has 0 aliphatic rings. The molecule has 2 aromatic rings. The SMILES string of the molecule is CC(C)(N)C(=O)N[C@H](COCc1ccccc1)C(=NN)N(N)Cc1ccccc1NS(C)(=O)=O. The third-order valence-corrected chi connectivity index (χ3v) is 5.27. The molecule has 34 heavy (non-hydrogen) atoms. The third kappa shape index (κ3) is 8.63. The lowest BCUT2D eigenvalue weighted by Crippen LogP contribution is -2.59. The average molecular weight is 492 g/mol. The van der Waals surface area contributed by atoms with Crippen LogP contribution in [0.5, 0.6) is 0 Å². The van der Waals surface area contributed by atoms with Gasteiger partial charge in [-0.1, -0.05) is 48.5 Å². The smallest absolute Gasteiger partial charge is 0.240 e. The van der Waals surface area contributed by atoms with Crippen molar-refractivity contribution in [3.05, 3.63) is 65.7 Å². The predicted octanol–water partition coefficient (Wildman–Crippen LogP) is 0.445. The maximum atomic E-state index is 12.6. The van der Waals surface area contributed by atoms with Gasteiger partial charge < -0.3 is 21.6 Å². The lowest BCUT2D eigenvalue weighted by atomic mass is 10.1. The van der Waals surface area contributed by atoms with E-state index in [-0.39, 0.29) is 19.0 Å². The minimum Gasteiger partial charge on any atom is -0.374 e. The van der Waals surface area contributed by atoms with E-state index in [1.54, 1.807) is 38.1 Å². The molecule has 1 amide bonds. The van der Waals surface area contributed by atoms with Crippen LogP contribution in [0.15, 0.2) is 59.7 Å². The molecule has 0 unspecified atom stereocenters. The van der Waals surface area contributed by atoms with E-state index in [9.17, 15) is 13.2 Å². The van der Waals surface area contributed by atoms with Crippen molar-refractivity contribution in [1.82, 2.24) is 10.3 Å². The number of nitrogens with zero attached hydrogens (tertiary/aromatic N) is 2. The van der Waals surface area contributed by atoms with Crippen molar-refractivity contribution < 1.29 is 17.9 Å². The lowest BCUT2D eigenvalue weighted by molar-refractivity contribution is -0.126. The summed E-state index contributed by atoms with van der Waals surface area (Å²) in [6.07, 6.45) is 1.06. The normalized spacial score (nSPS) is 13.3. The number of sulfonamides is 1. The van der Waals surface area contributed by atoms with Gasteiger partial charge in [0, 0.05) is 0 Å². The van der Waals surface area contributed by atoms with Crippen LogP contribution in [0.1, 0.15) is 25.0 Å². The second kappa shape index (κ2) is 11.8. The number of anilines is 1. The number of carbonyl (C=O) groups excluding carboxylic acids is 1. The standard InChI is InChI=1S/C22H33N7O4S/c1-22(2,23)21(30)26-19(15-33-14-16-9-5-4-6-10-16)20(27-24)29(25)13-17-11-7-8-12-18(17)28-34(3,31)32/h4-12,19,28H,13-15,23-25H2,1-3H3,(H,26,30)/t19-/m1/s1. The zero-order valence-corrected chi connectivity index (χ0v) is 20.4. The van der Waals surface area contributed by atoms with E-state index in [0.717, 1.165) is 11.8 Å². The minimum atomic E-state index is -3.50. The molecular formula is C22H33N7O4S. The second-order valence-electron chi connectivity index (χ2n) is 8.40. The van der Waals surface area contributed by atoms with Crippen molar-refractivity contribution in [2.24, 2.45) is 22.5 Å². The maximum absolute atomic E-state index is 12.6. The highest BCUT2D eigenvalue weighted by Crippen LogP contribution is 2.18. The number of hydrogen-bond donors (Lipinski definition) is 5. The number of ether oxygens (including phenoxy) is 1. The Balaban J connectivity index is 2.22. The van der Waals surface area contributed by atoms with Crippen LogP contribution >= 0.6 is 0 Å². The van der Waals surface area contributed by atoms with Crippen molar-refractivity contribution in [3.8, 4) is 0 Å². The maximum Gasteiger partial charge on any atom is 0.240 e. The first-order valence-corrected chi connectivity index (χ1v) is 12.4. The summed E-state index contributed by atoms with van der Waals surface area (Å²) >= 11 is 0. The van der Waals surface area contributed by atoms with Gasteiger partial charge in [-0.15, -0.1) is 0 Å². The number of hydrogen-bond acceptors (Lipinski definition) is 8. The first-order chi connectivity index (χ1) is 15.9. The minimum absolute atomic E-state index is 0.0175. The van der Waals surface area contributed by atoms with E-state index in [1.807, 2.05) is 30.3 Å². The first-order valence-electron chi connectivity index (χ1n) is 10.5. The molecule has 2 aromatic carbocycles. The molecule has 0 aliphatic carbocycles. The van der Waals surface area contributed by atoms with E-state index in [4.69, 9.17) is 22.2 Å². The molecule has 0 aromatic heterocycles. The summed E-state index contributed by atoms with van der Waals surface area (Å²) in [5, 5.41) is 7.80. The van der Waals surface area contributed by atoms with Gasteiger partial charge in [0.2, 0.25) is 15.9 Å². The number of nitrogens with one attached hydrogen (secondary N) is 2. The van der Waals surface area contributed by atoms with Gasteiger partial charge in [0.15, 0.2) is 5.84 Å². The van der Waals surface area contributed by atoms with Crippen LogP contribution in [-0.4, -0.2) is 49.6 Å². The molecule has 0 aliphatic heterocycles. The molecule has 2 rings (SSSR count). The van der Waals surface area contributed by atoms with Gasteiger partial charge in [-0.3, -0.25) is 14.5 Å². The average Bonchev–Trinajstić information content (AvgIpc) is 2.74. The summed E-state index contributed by atoms with van der Waals surface area (Å²) in [5.41, 5.74) is 6.65. The van der Waals surface area contributed by atoms with Gasteiger partial charge >= 0.3 is 0 Å². The molecule has 0 bridgehead atoms. The van der Waals surface area contributed by atoms with Crippen LogP contribution in [0.2, 0.25) is 0 Å². The summed E-state index contributed by atoms with van der Waals surface area (Å²) in [6.45, 7) is 3.49. The van der Waals surface area contributed by atoms with Crippen molar-refractivity contribution in [2.75, 3.05) is 17.6 Å². The van der Waals surface area contributed by atoms with Crippen LogP contribution in [-0.2, 0) is 32.7 Å². The molecule has 1 atom stereocenters. The van der Waals surface area contributed by atoms with Gasteiger partial charge in [-0.05, 0) is 31.0 Å². The number of carbonyl (C=O) groups is 1. The zero-order chi connectivity index (χ0) is 25.4. The monoisotopic (exact) mass is 491 g/mol. The molecule has 0 fully saturated rings. The van der Waals surface area contributed by atoms with Gasteiger partial charge in [-0.2, -0.15) is 5.10 Å². The Morgan fingerprint density at radius 2 is 1.76 bits per heavy atom. The van der Waals surface area contributed by atoms with Crippen LogP contribution < -0.4 is 27.5 Å². The van der Waals surface area contributed by atoms with E-state index < -0.39 is 27.5 Å². The molecular weight excluding hydrogens is 458 g/mol. The van der Waals surface area contributed by atoms with E-state index in [1.165, 1.54) is 5.01 Å². The van der Waals surface area contributed by atoms with Crippen molar-refractivity contribution in [1.29, 1.82) is 0 Å². The van der Waals surface area contributed by atoms with Crippen molar-refractivity contribution in [2.45, 2.75) is 38.6 Å². The molecule has 0 saturated heterocycles. The quantitative estimate of drug-likeness (QED) is 0.130. The molecule has 12 heteroatoms. The number of para-hydroxylation sites is 1. The Hall–Kier alpha value is -3.19. The van der Waals surface area contributed by atoms with Crippen LogP contribution in [0, 0.1) is 0 Å². The fourth-order valence-corrected chi connectivity index (χ4v) is 3.58. The number of benzene rings is 2. The summed E-state index contributed by atoms with van der Waals surface area (Å²) < 4.78 is 31.7. The Morgan fingerprint density at radius 3 is 2.35 bits per heavy atom. The largest absolute Gasteiger partial charge is 0.374 e. The van der Waals surface area contributed by atoms with E-state index in [2.05, 4.69) is 15.1 Å².